The summed E-state index contributed by atoms with van der Waals surface area (Å²) in [6.07, 6.45) is 5.93. The summed E-state index contributed by atoms with van der Waals surface area (Å²) in [5.74, 6) is 0.898. The molecule has 0 spiro atoms. The predicted octanol–water partition coefficient (Wildman–Crippen LogP) is 2.29. The van der Waals surface area contributed by atoms with Crippen molar-refractivity contribution in [2.45, 2.75) is 51.2 Å². The molecular formula is C14H22O3. The first-order valence-electron chi connectivity index (χ1n) is 6.66. The Morgan fingerprint density at radius 2 is 2.24 bits per heavy atom. The van der Waals surface area contributed by atoms with E-state index in [2.05, 4.69) is 13.5 Å². The number of hydrogen-bond acceptors (Lipinski definition) is 3. The molecule has 0 aromatic carbocycles. The summed E-state index contributed by atoms with van der Waals surface area (Å²) in [7, 11) is 0. The first-order chi connectivity index (χ1) is 8.15. The van der Waals surface area contributed by atoms with E-state index in [0.29, 0.717) is 11.8 Å². The Morgan fingerprint density at radius 1 is 1.47 bits per heavy atom. The van der Waals surface area contributed by atoms with E-state index < -0.39 is 0 Å². The highest BCUT2D eigenvalue weighted by Gasteiger charge is 2.45. The van der Waals surface area contributed by atoms with E-state index >= 15 is 0 Å². The van der Waals surface area contributed by atoms with Gasteiger partial charge in [0.25, 0.3) is 0 Å². The summed E-state index contributed by atoms with van der Waals surface area (Å²) in [6, 6.07) is 0. The third-order valence-corrected chi connectivity index (χ3v) is 4.45. The average molecular weight is 238 g/mol. The van der Waals surface area contributed by atoms with Crippen LogP contribution in [0.2, 0.25) is 0 Å². The van der Waals surface area contributed by atoms with E-state index in [9.17, 15) is 9.90 Å². The number of carbonyl (C=O) groups excluding carboxylic acids is 1. The number of ether oxygens (including phenoxy) is 1. The lowest BCUT2D eigenvalue weighted by molar-refractivity contribution is -0.165. The highest BCUT2D eigenvalue weighted by molar-refractivity contribution is 5.81. The van der Waals surface area contributed by atoms with Gasteiger partial charge in [-0.15, -0.1) is 0 Å². The van der Waals surface area contributed by atoms with E-state index in [1.807, 2.05) is 0 Å². The molecule has 0 amide bonds. The van der Waals surface area contributed by atoms with Gasteiger partial charge in [-0.25, -0.2) is 4.79 Å². The van der Waals surface area contributed by atoms with Gasteiger partial charge >= 0.3 is 5.97 Å². The normalized spacial score (nSPS) is 40.7. The molecule has 2 fully saturated rings. The number of hydrogen-bond donors (Lipinski definition) is 1. The van der Waals surface area contributed by atoms with Gasteiger partial charge in [0.05, 0.1) is 6.10 Å². The van der Waals surface area contributed by atoms with E-state index in [1.54, 1.807) is 0 Å². The molecule has 2 rings (SSSR count). The van der Waals surface area contributed by atoms with Gasteiger partial charge in [0.15, 0.2) is 0 Å². The maximum Gasteiger partial charge on any atom is 0.330 e. The summed E-state index contributed by atoms with van der Waals surface area (Å²) >= 11 is 0. The molecule has 1 N–H and O–H groups in total. The summed E-state index contributed by atoms with van der Waals surface area (Å²) in [4.78, 5) is 11.3. The van der Waals surface area contributed by atoms with Crippen LogP contribution in [-0.4, -0.2) is 23.3 Å². The van der Waals surface area contributed by atoms with E-state index in [1.165, 1.54) is 6.08 Å². The van der Waals surface area contributed by atoms with Crippen LogP contribution in [0, 0.1) is 17.8 Å². The number of aliphatic hydroxyl groups is 1. The zero-order chi connectivity index (χ0) is 12.4. The fourth-order valence-electron chi connectivity index (χ4n) is 3.48. The maximum absolute atomic E-state index is 11.3. The second-order valence-corrected chi connectivity index (χ2v) is 5.42. The van der Waals surface area contributed by atoms with Crippen molar-refractivity contribution in [1.29, 1.82) is 0 Å². The van der Waals surface area contributed by atoms with Crippen molar-refractivity contribution in [2.24, 2.45) is 17.8 Å². The van der Waals surface area contributed by atoms with Crippen molar-refractivity contribution in [3.63, 3.8) is 0 Å². The molecular weight excluding hydrogens is 216 g/mol. The molecule has 3 heteroatoms. The number of esters is 1. The van der Waals surface area contributed by atoms with Crippen LogP contribution in [0.25, 0.3) is 0 Å². The summed E-state index contributed by atoms with van der Waals surface area (Å²) in [6.45, 7) is 5.63. The summed E-state index contributed by atoms with van der Waals surface area (Å²) in [5, 5.41) is 10.1. The van der Waals surface area contributed by atoms with Gasteiger partial charge in [-0.2, -0.15) is 0 Å². The highest BCUT2D eigenvalue weighted by Crippen LogP contribution is 2.45. The van der Waals surface area contributed by atoms with Crippen LogP contribution in [0.4, 0.5) is 0 Å². The zero-order valence-corrected chi connectivity index (χ0v) is 10.5. The Morgan fingerprint density at radius 3 is 2.88 bits per heavy atom. The van der Waals surface area contributed by atoms with Crippen LogP contribution >= 0.6 is 0 Å². The molecule has 0 heterocycles. The number of aliphatic hydroxyl groups excluding tert-OH is 1. The quantitative estimate of drug-likeness (QED) is 0.606. The Hall–Kier alpha value is -0.830. The fraction of sp³-hybridized carbons (Fsp3) is 0.786. The van der Waals surface area contributed by atoms with Crippen LogP contribution in [-0.2, 0) is 9.53 Å². The van der Waals surface area contributed by atoms with E-state index in [4.69, 9.17) is 4.74 Å². The first kappa shape index (κ1) is 12.6. The monoisotopic (exact) mass is 238 g/mol. The molecule has 0 aromatic heterocycles. The molecule has 17 heavy (non-hydrogen) atoms. The lowest BCUT2D eigenvalue weighted by Crippen LogP contribution is -2.49. The van der Waals surface area contributed by atoms with Gasteiger partial charge < -0.3 is 9.84 Å². The molecule has 96 valence electrons. The fourth-order valence-corrected chi connectivity index (χ4v) is 3.48. The Bertz CT molecular complexity index is 300. The largest absolute Gasteiger partial charge is 0.459 e. The van der Waals surface area contributed by atoms with Crippen LogP contribution in [0.5, 0.6) is 0 Å². The smallest absolute Gasteiger partial charge is 0.330 e. The summed E-state index contributed by atoms with van der Waals surface area (Å²) < 4.78 is 5.45. The van der Waals surface area contributed by atoms with Gasteiger partial charge in [0, 0.05) is 12.0 Å². The third kappa shape index (κ3) is 2.54. The molecule has 0 aliphatic heterocycles. The van der Waals surface area contributed by atoms with Crippen molar-refractivity contribution in [1.82, 2.24) is 0 Å². The van der Waals surface area contributed by atoms with E-state index in [-0.39, 0.29) is 24.1 Å². The van der Waals surface area contributed by atoms with Crippen molar-refractivity contribution in [3.8, 4) is 0 Å². The maximum atomic E-state index is 11.3. The minimum absolute atomic E-state index is 0.0907. The van der Waals surface area contributed by atoms with Gasteiger partial charge in [-0.1, -0.05) is 19.9 Å². The number of carbonyl (C=O) groups is 1. The lowest BCUT2D eigenvalue weighted by atomic mass is 9.64. The van der Waals surface area contributed by atoms with Gasteiger partial charge in [-0.3, -0.25) is 0 Å². The minimum Gasteiger partial charge on any atom is -0.459 e. The van der Waals surface area contributed by atoms with Crippen LogP contribution in [0.15, 0.2) is 12.7 Å². The Labute approximate surface area is 103 Å². The predicted molar refractivity (Wildman–Crippen MR) is 65.3 cm³/mol. The Kier molecular flexibility index (Phi) is 3.87. The van der Waals surface area contributed by atoms with Crippen LogP contribution < -0.4 is 0 Å². The van der Waals surface area contributed by atoms with Crippen molar-refractivity contribution in [2.75, 3.05) is 0 Å². The third-order valence-electron chi connectivity index (χ3n) is 4.45. The highest BCUT2D eigenvalue weighted by atomic mass is 16.5. The number of fused-ring (bicyclic) bond motifs is 2. The second-order valence-electron chi connectivity index (χ2n) is 5.42. The van der Waals surface area contributed by atoms with Gasteiger partial charge in [-0.05, 0) is 37.5 Å². The zero-order valence-electron chi connectivity index (χ0n) is 10.5. The summed E-state index contributed by atoms with van der Waals surface area (Å²) in [5.41, 5.74) is 0. The van der Waals surface area contributed by atoms with Gasteiger partial charge in [0.1, 0.15) is 6.10 Å². The lowest BCUT2D eigenvalue weighted by Gasteiger charge is -2.47. The van der Waals surface area contributed by atoms with Crippen LogP contribution in [0.3, 0.4) is 0 Å². The second kappa shape index (κ2) is 5.21. The molecule has 2 aliphatic rings. The molecule has 5 unspecified atom stereocenters. The minimum atomic E-state index is -0.353. The standard InChI is InChI=1S/C14H22O3/c1-3-9-7-10-5-6-12(15)11(8-9)14(10)17-13(16)4-2/h4,9-12,14-15H,2-3,5-8H2,1H3. The van der Waals surface area contributed by atoms with Crippen molar-refractivity contribution < 1.29 is 14.6 Å². The molecule has 3 nitrogen and oxygen atoms in total. The molecule has 0 saturated heterocycles. The molecule has 0 radical (unpaired) electrons. The van der Waals surface area contributed by atoms with Crippen molar-refractivity contribution >= 4 is 5.97 Å². The molecule has 2 saturated carbocycles. The topological polar surface area (TPSA) is 46.5 Å². The molecule has 5 atom stereocenters. The van der Waals surface area contributed by atoms with E-state index in [0.717, 1.165) is 32.1 Å². The molecule has 0 aromatic rings. The molecule has 2 aliphatic carbocycles. The van der Waals surface area contributed by atoms with Gasteiger partial charge in [0.2, 0.25) is 0 Å². The van der Waals surface area contributed by atoms with Crippen molar-refractivity contribution in [3.05, 3.63) is 12.7 Å². The first-order valence-corrected chi connectivity index (χ1v) is 6.66. The average Bonchev–Trinajstić information content (AvgIpc) is 2.34. The number of rotatable bonds is 3. The SMILES string of the molecule is C=CC(=O)OC1C2CCC(O)C1CC(CC)C2. The molecule has 2 bridgehead atoms. The van der Waals surface area contributed by atoms with Crippen LogP contribution in [0.1, 0.15) is 39.0 Å². The Balaban J connectivity index is 2.10.